The molecular weight excluding hydrogens is 514 g/mol. The van der Waals surface area contributed by atoms with Crippen LogP contribution in [0.1, 0.15) is 18.1 Å². The number of fused-ring (bicyclic) bond motifs is 3. The quantitative estimate of drug-likeness (QED) is 0.287. The lowest BCUT2D eigenvalue weighted by Crippen LogP contribution is -2.45. The number of anilines is 3. The zero-order chi connectivity index (χ0) is 27.6. The molecule has 9 heteroatoms. The molecule has 1 fully saturated rings. The number of nitrogens with zero attached hydrogens (tertiary/aromatic N) is 6. The van der Waals surface area contributed by atoms with E-state index in [-0.39, 0.29) is 6.04 Å². The summed E-state index contributed by atoms with van der Waals surface area (Å²) in [5, 5.41) is 3.38. The first-order valence-corrected chi connectivity index (χ1v) is 14.0. The Bertz CT molecular complexity index is 1650. The Morgan fingerprint density at radius 3 is 2.68 bits per heavy atom. The van der Waals surface area contributed by atoms with Gasteiger partial charge >= 0.3 is 0 Å². The predicted molar refractivity (Wildman–Crippen MR) is 158 cm³/mol. The van der Waals surface area contributed by atoms with Crippen molar-refractivity contribution in [2.45, 2.75) is 32.5 Å². The van der Waals surface area contributed by atoms with Crippen molar-refractivity contribution >= 4 is 17.3 Å². The summed E-state index contributed by atoms with van der Waals surface area (Å²) in [5.41, 5.74) is 5.04. The maximum atomic E-state index is 5.89. The predicted octanol–water partition coefficient (Wildman–Crippen LogP) is 5.51. The van der Waals surface area contributed by atoms with Gasteiger partial charge < -0.3 is 24.3 Å². The van der Waals surface area contributed by atoms with Gasteiger partial charge in [-0.1, -0.05) is 36.4 Å². The number of hydrogen-bond donors (Lipinski definition) is 1. The number of imidazole rings is 1. The van der Waals surface area contributed by atoms with E-state index in [1.54, 1.807) is 0 Å². The fourth-order valence-corrected chi connectivity index (χ4v) is 5.38. The molecule has 0 spiro atoms. The van der Waals surface area contributed by atoms with Crippen LogP contribution in [0, 0.1) is 0 Å². The molecule has 1 N–H and O–H groups in total. The Morgan fingerprint density at radius 2 is 1.83 bits per heavy atom. The molecule has 9 nitrogen and oxygen atoms in total. The molecule has 0 saturated carbocycles. The minimum atomic E-state index is 0.240. The Balaban J connectivity index is 1.14. The van der Waals surface area contributed by atoms with Crippen LogP contribution >= 0.6 is 0 Å². The minimum Gasteiger partial charge on any atom is -0.473 e. The maximum Gasteiger partial charge on any atom is 0.215 e. The van der Waals surface area contributed by atoms with E-state index in [9.17, 15) is 0 Å². The lowest BCUT2D eigenvalue weighted by molar-refractivity contribution is 0.0984. The Hall–Kier alpha value is -4.76. The van der Waals surface area contributed by atoms with Gasteiger partial charge in [0.15, 0.2) is 11.6 Å². The third kappa shape index (κ3) is 5.24. The summed E-state index contributed by atoms with van der Waals surface area (Å²) in [6.45, 7) is 5.73. The van der Waals surface area contributed by atoms with Crippen molar-refractivity contribution < 1.29 is 9.47 Å². The van der Waals surface area contributed by atoms with E-state index in [1.807, 2.05) is 85.2 Å². The molecule has 41 heavy (non-hydrogen) atoms. The molecule has 1 saturated heterocycles. The average molecular weight is 546 g/mol. The lowest BCUT2D eigenvalue weighted by Gasteiger charge is -2.36. The van der Waals surface area contributed by atoms with Crippen LogP contribution in [0.15, 0.2) is 85.2 Å². The third-order valence-electron chi connectivity index (χ3n) is 7.52. The second-order valence-electron chi connectivity index (χ2n) is 10.3. The zero-order valence-electron chi connectivity index (χ0n) is 22.9. The van der Waals surface area contributed by atoms with E-state index in [0.717, 1.165) is 53.7 Å². The van der Waals surface area contributed by atoms with Gasteiger partial charge in [0.05, 0.1) is 19.3 Å². The van der Waals surface area contributed by atoms with Gasteiger partial charge in [-0.05, 0) is 49.2 Å². The molecule has 0 bridgehead atoms. The van der Waals surface area contributed by atoms with Gasteiger partial charge in [-0.15, -0.1) is 0 Å². The molecular formula is C32H31N7O2. The molecule has 0 radical (unpaired) electrons. The number of hydrogen-bond acceptors (Lipinski definition) is 8. The van der Waals surface area contributed by atoms with Gasteiger partial charge in [0.1, 0.15) is 23.9 Å². The van der Waals surface area contributed by atoms with Crippen molar-refractivity contribution in [3.63, 3.8) is 0 Å². The molecule has 5 heterocycles. The molecule has 2 aromatic carbocycles. The summed E-state index contributed by atoms with van der Waals surface area (Å²) in [4.78, 5) is 21.8. The van der Waals surface area contributed by atoms with Crippen molar-refractivity contribution in [2.24, 2.45) is 0 Å². The number of aromatic nitrogens is 5. The average Bonchev–Trinajstić information content (AvgIpc) is 3.51. The molecule has 0 unspecified atom stereocenters. The molecule has 5 aromatic rings. The number of nitrogens with one attached hydrogen (secondary N) is 1. The zero-order valence-corrected chi connectivity index (χ0v) is 22.9. The van der Waals surface area contributed by atoms with Crippen molar-refractivity contribution in [3.05, 3.63) is 96.3 Å². The highest BCUT2D eigenvalue weighted by Crippen LogP contribution is 2.36. The summed E-state index contributed by atoms with van der Waals surface area (Å²) < 4.78 is 13.8. The Morgan fingerprint density at radius 1 is 0.951 bits per heavy atom. The van der Waals surface area contributed by atoms with E-state index >= 15 is 0 Å². The molecule has 206 valence electrons. The fourth-order valence-electron chi connectivity index (χ4n) is 5.38. The molecule has 0 aliphatic carbocycles. The van der Waals surface area contributed by atoms with Gasteiger partial charge in [-0.3, -0.25) is 0 Å². The first-order valence-electron chi connectivity index (χ1n) is 14.0. The highest BCUT2D eigenvalue weighted by atomic mass is 16.5. The second-order valence-corrected chi connectivity index (χ2v) is 10.3. The fraction of sp³-hybridized carbons (Fsp3) is 0.250. The smallest absolute Gasteiger partial charge is 0.215 e. The number of pyridine rings is 1. The van der Waals surface area contributed by atoms with Crippen molar-refractivity contribution in [2.75, 3.05) is 30.0 Å². The Kier molecular flexibility index (Phi) is 6.78. The molecule has 7 rings (SSSR count). The number of ether oxygens (including phenoxy) is 2. The van der Waals surface area contributed by atoms with Crippen LogP contribution < -0.4 is 15.0 Å². The summed E-state index contributed by atoms with van der Waals surface area (Å²) >= 11 is 0. The summed E-state index contributed by atoms with van der Waals surface area (Å²) in [7, 11) is 0. The van der Waals surface area contributed by atoms with Crippen LogP contribution in [-0.2, 0) is 24.3 Å². The van der Waals surface area contributed by atoms with Crippen molar-refractivity contribution in [3.8, 4) is 28.8 Å². The first-order chi connectivity index (χ1) is 20.2. The van der Waals surface area contributed by atoms with Crippen LogP contribution in [-0.4, -0.2) is 50.3 Å². The van der Waals surface area contributed by atoms with Crippen LogP contribution in [0.2, 0.25) is 0 Å². The number of morpholine rings is 1. The molecule has 0 amide bonds. The standard InChI is InChI=1S/C32H31N7O2/c1-22-20-40-19-18-39(22)31-26-14-16-38-17-15-33-32(38)29(26)36-30(37-31)24-10-12-25(13-11-24)34-27-8-5-9-28(35-27)41-21-23-6-3-2-4-7-23/h2-13,15,17,22H,14,16,18-21H2,1H3,(H,34,35)/t22-/m0/s1. The van der Waals surface area contributed by atoms with Gasteiger partial charge in [0.2, 0.25) is 5.88 Å². The van der Waals surface area contributed by atoms with Crippen molar-refractivity contribution in [1.29, 1.82) is 0 Å². The largest absolute Gasteiger partial charge is 0.473 e. The summed E-state index contributed by atoms with van der Waals surface area (Å²) in [5.74, 6) is 3.87. The van der Waals surface area contributed by atoms with Crippen LogP contribution in [0.3, 0.4) is 0 Å². The SMILES string of the molecule is C[C@H]1COCCN1c1nc(-c2ccc(Nc3cccc(OCc4ccccc4)n3)cc2)nc2c1CCn1ccnc1-2. The van der Waals surface area contributed by atoms with Gasteiger partial charge in [0, 0.05) is 48.4 Å². The summed E-state index contributed by atoms with van der Waals surface area (Å²) in [6, 6.07) is 24.2. The minimum absolute atomic E-state index is 0.240. The second kappa shape index (κ2) is 11.0. The van der Waals surface area contributed by atoms with E-state index in [1.165, 1.54) is 5.56 Å². The molecule has 1 atom stereocenters. The van der Waals surface area contributed by atoms with E-state index < -0.39 is 0 Å². The molecule has 2 aliphatic rings. The highest BCUT2D eigenvalue weighted by molar-refractivity contribution is 5.72. The van der Waals surface area contributed by atoms with Gasteiger partial charge in [-0.25, -0.2) is 15.0 Å². The van der Waals surface area contributed by atoms with Crippen LogP contribution in [0.4, 0.5) is 17.3 Å². The topological polar surface area (TPSA) is 90.2 Å². The number of benzene rings is 2. The van der Waals surface area contributed by atoms with Gasteiger partial charge in [-0.2, -0.15) is 4.98 Å². The van der Waals surface area contributed by atoms with Crippen LogP contribution in [0.5, 0.6) is 5.88 Å². The van der Waals surface area contributed by atoms with E-state index in [4.69, 9.17) is 19.4 Å². The highest BCUT2D eigenvalue weighted by Gasteiger charge is 2.29. The van der Waals surface area contributed by atoms with Crippen LogP contribution in [0.25, 0.3) is 22.9 Å². The van der Waals surface area contributed by atoms with E-state index in [0.29, 0.717) is 37.3 Å². The lowest BCUT2D eigenvalue weighted by atomic mass is 10.0. The molecule has 3 aromatic heterocycles. The normalized spacial score (nSPS) is 16.1. The molecule has 2 aliphatic heterocycles. The van der Waals surface area contributed by atoms with Crippen molar-refractivity contribution in [1.82, 2.24) is 24.5 Å². The number of aryl methyl sites for hydroxylation is 1. The number of rotatable bonds is 7. The summed E-state index contributed by atoms with van der Waals surface area (Å²) in [6.07, 6.45) is 4.75. The van der Waals surface area contributed by atoms with Gasteiger partial charge in [0.25, 0.3) is 0 Å². The Labute approximate surface area is 238 Å². The maximum absolute atomic E-state index is 5.89. The first kappa shape index (κ1) is 25.2. The monoisotopic (exact) mass is 545 g/mol. The van der Waals surface area contributed by atoms with E-state index in [2.05, 4.69) is 31.7 Å². The third-order valence-corrected chi connectivity index (χ3v) is 7.52.